The molecule has 16 heavy (non-hydrogen) atoms. The van der Waals surface area contributed by atoms with Gasteiger partial charge in [-0.25, -0.2) is 4.98 Å². The van der Waals surface area contributed by atoms with Crippen LogP contribution in [-0.4, -0.2) is 24.6 Å². The molecule has 0 saturated heterocycles. The molecule has 1 aromatic carbocycles. The second-order valence-electron chi connectivity index (χ2n) is 4.19. The number of hydrogen-bond acceptors (Lipinski definition) is 3. The zero-order valence-electron chi connectivity index (χ0n) is 9.19. The van der Waals surface area contributed by atoms with Crippen molar-refractivity contribution >= 4 is 16.7 Å². The topological polar surface area (TPSA) is 42.1 Å². The summed E-state index contributed by atoms with van der Waals surface area (Å²) in [4.78, 5) is 7.01. The molecule has 3 rings (SSSR count). The number of fused-ring (bicyclic) bond motifs is 2. The Morgan fingerprint density at radius 1 is 1.31 bits per heavy atom. The molecule has 0 aliphatic carbocycles. The molecular weight excluding hydrogens is 198 g/mol. The Labute approximate surface area is 94.9 Å². The molecule has 0 radical (unpaired) electrons. The minimum Gasteiger partial charge on any atom is -0.355 e. The molecule has 1 aliphatic rings. The molecule has 3 nitrogen and oxygen atoms in total. The number of anilines is 1. The summed E-state index contributed by atoms with van der Waals surface area (Å²) in [6, 6.07) is 10.5. The predicted molar refractivity (Wildman–Crippen MR) is 66.7 cm³/mol. The third-order valence-electron chi connectivity index (χ3n) is 3.13. The lowest BCUT2D eigenvalue weighted by Crippen LogP contribution is -2.27. The molecule has 0 spiro atoms. The molecule has 1 aromatic heterocycles. The second kappa shape index (κ2) is 3.76. The molecule has 2 N–H and O–H groups in total. The van der Waals surface area contributed by atoms with Gasteiger partial charge in [0.1, 0.15) is 5.82 Å². The molecule has 0 bridgehead atoms. The first kappa shape index (κ1) is 9.60. The minimum absolute atomic E-state index is 0.688. The highest BCUT2D eigenvalue weighted by Crippen LogP contribution is 2.28. The fraction of sp³-hybridized carbons (Fsp3) is 0.308. The van der Waals surface area contributed by atoms with Crippen molar-refractivity contribution < 1.29 is 0 Å². The van der Waals surface area contributed by atoms with Crippen molar-refractivity contribution in [1.82, 2.24) is 4.98 Å². The third kappa shape index (κ3) is 1.44. The van der Waals surface area contributed by atoms with Crippen molar-refractivity contribution in [1.29, 1.82) is 0 Å². The lowest BCUT2D eigenvalue weighted by molar-refractivity contribution is 0.813. The summed E-state index contributed by atoms with van der Waals surface area (Å²) in [7, 11) is 0. The molecule has 1 aliphatic heterocycles. The maximum Gasteiger partial charge on any atom is 0.132 e. The van der Waals surface area contributed by atoms with Gasteiger partial charge in [-0.15, -0.1) is 0 Å². The van der Waals surface area contributed by atoms with Crippen molar-refractivity contribution in [2.45, 2.75) is 6.42 Å². The van der Waals surface area contributed by atoms with Crippen LogP contribution in [0.5, 0.6) is 0 Å². The Kier molecular flexibility index (Phi) is 2.26. The van der Waals surface area contributed by atoms with Crippen LogP contribution in [0.4, 0.5) is 5.82 Å². The van der Waals surface area contributed by atoms with Gasteiger partial charge in [0.2, 0.25) is 0 Å². The monoisotopic (exact) mass is 213 g/mol. The summed E-state index contributed by atoms with van der Waals surface area (Å²) in [5, 5.41) is 1.23. The predicted octanol–water partition coefficient (Wildman–Crippen LogP) is 1.56. The summed E-state index contributed by atoms with van der Waals surface area (Å²) < 4.78 is 0. The van der Waals surface area contributed by atoms with Gasteiger partial charge in [-0.1, -0.05) is 18.2 Å². The van der Waals surface area contributed by atoms with Crippen LogP contribution in [0.25, 0.3) is 10.9 Å². The van der Waals surface area contributed by atoms with Crippen molar-refractivity contribution in [3.8, 4) is 0 Å². The van der Waals surface area contributed by atoms with Gasteiger partial charge in [0.15, 0.2) is 0 Å². The largest absolute Gasteiger partial charge is 0.355 e. The number of benzene rings is 1. The summed E-state index contributed by atoms with van der Waals surface area (Å²) in [5.41, 5.74) is 8.04. The summed E-state index contributed by atoms with van der Waals surface area (Å²) in [6.45, 7) is 2.64. The zero-order chi connectivity index (χ0) is 11.0. The molecule has 0 atom stereocenters. The fourth-order valence-corrected chi connectivity index (χ4v) is 2.34. The van der Waals surface area contributed by atoms with Crippen molar-refractivity contribution in [3.05, 3.63) is 35.9 Å². The zero-order valence-corrected chi connectivity index (χ0v) is 9.19. The molecule has 0 fully saturated rings. The van der Waals surface area contributed by atoms with Crippen LogP contribution < -0.4 is 10.6 Å². The number of hydrogen-bond donors (Lipinski definition) is 1. The number of nitrogens with zero attached hydrogens (tertiary/aromatic N) is 2. The van der Waals surface area contributed by atoms with E-state index in [0.29, 0.717) is 6.54 Å². The lowest BCUT2D eigenvalue weighted by Gasteiger charge is -2.17. The second-order valence-corrected chi connectivity index (χ2v) is 4.19. The summed E-state index contributed by atoms with van der Waals surface area (Å²) in [6.07, 6.45) is 1.09. The van der Waals surface area contributed by atoms with E-state index < -0.39 is 0 Å². The molecule has 0 saturated carbocycles. The molecule has 82 valence electrons. The summed E-state index contributed by atoms with van der Waals surface area (Å²) in [5.74, 6) is 1.13. The van der Waals surface area contributed by atoms with Crippen LogP contribution in [0.2, 0.25) is 0 Å². The molecule has 0 amide bonds. The van der Waals surface area contributed by atoms with E-state index in [1.54, 1.807) is 0 Å². The van der Waals surface area contributed by atoms with Crippen molar-refractivity contribution in [2.75, 3.05) is 24.5 Å². The number of nitrogens with two attached hydrogens (primary N) is 1. The number of aromatic nitrogens is 1. The van der Waals surface area contributed by atoms with E-state index in [0.717, 1.165) is 30.8 Å². The van der Waals surface area contributed by atoms with Gasteiger partial charge >= 0.3 is 0 Å². The van der Waals surface area contributed by atoms with E-state index in [2.05, 4.69) is 29.2 Å². The smallest absolute Gasteiger partial charge is 0.132 e. The van der Waals surface area contributed by atoms with Crippen LogP contribution in [0.1, 0.15) is 5.56 Å². The molecule has 2 heterocycles. The lowest BCUT2D eigenvalue weighted by atomic mass is 10.1. The SMILES string of the molecule is NCCN1CCc2cc3ccccc3nc21. The molecule has 0 unspecified atom stereocenters. The van der Waals surface area contributed by atoms with Gasteiger partial charge in [0.05, 0.1) is 5.52 Å². The highest BCUT2D eigenvalue weighted by molar-refractivity contribution is 5.82. The van der Waals surface area contributed by atoms with Gasteiger partial charge in [-0.2, -0.15) is 0 Å². The van der Waals surface area contributed by atoms with Gasteiger partial charge in [-0.3, -0.25) is 0 Å². The fourth-order valence-electron chi connectivity index (χ4n) is 2.34. The van der Waals surface area contributed by atoms with Crippen LogP contribution in [0.15, 0.2) is 30.3 Å². The Bertz CT molecular complexity index is 522. The minimum atomic E-state index is 0.688. The molecule has 2 aromatic rings. The van der Waals surface area contributed by atoms with E-state index >= 15 is 0 Å². The van der Waals surface area contributed by atoms with Crippen LogP contribution in [0.3, 0.4) is 0 Å². The van der Waals surface area contributed by atoms with Gasteiger partial charge in [-0.05, 0) is 24.1 Å². The highest BCUT2D eigenvalue weighted by atomic mass is 15.2. The number of para-hydroxylation sites is 1. The van der Waals surface area contributed by atoms with E-state index in [-0.39, 0.29) is 0 Å². The van der Waals surface area contributed by atoms with Crippen LogP contribution in [-0.2, 0) is 6.42 Å². The quantitative estimate of drug-likeness (QED) is 0.823. The molecule has 3 heteroatoms. The van der Waals surface area contributed by atoms with Gasteiger partial charge in [0, 0.05) is 25.0 Å². The first-order valence-electron chi connectivity index (χ1n) is 5.72. The number of rotatable bonds is 2. The Morgan fingerprint density at radius 3 is 3.06 bits per heavy atom. The molecular formula is C13H15N3. The maximum atomic E-state index is 5.61. The highest BCUT2D eigenvalue weighted by Gasteiger charge is 2.20. The van der Waals surface area contributed by atoms with Crippen LogP contribution in [0, 0.1) is 0 Å². The van der Waals surface area contributed by atoms with Crippen molar-refractivity contribution in [3.63, 3.8) is 0 Å². The Hall–Kier alpha value is -1.61. The normalized spacial score (nSPS) is 14.4. The Balaban J connectivity index is 2.12. The van der Waals surface area contributed by atoms with Crippen molar-refractivity contribution in [2.24, 2.45) is 5.73 Å². The van der Waals surface area contributed by atoms with Gasteiger partial charge in [0.25, 0.3) is 0 Å². The van der Waals surface area contributed by atoms with Crippen LogP contribution >= 0.6 is 0 Å². The first-order chi connectivity index (χ1) is 7.88. The van der Waals surface area contributed by atoms with E-state index in [1.807, 2.05) is 6.07 Å². The third-order valence-corrected chi connectivity index (χ3v) is 3.13. The first-order valence-corrected chi connectivity index (χ1v) is 5.72. The van der Waals surface area contributed by atoms with E-state index in [9.17, 15) is 0 Å². The average molecular weight is 213 g/mol. The van der Waals surface area contributed by atoms with Gasteiger partial charge < -0.3 is 10.6 Å². The van der Waals surface area contributed by atoms with E-state index in [1.165, 1.54) is 10.9 Å². The average Bonchev–Trinajstić information content (AvgIpc) is 2.70. The number of pyridine rings is 1. The maximum absolute atomic E-state index is 5.61. The standard InChI is InChI=1S/C13H15N3/c14-6-8-16-7-5-11-9-10-3-1-2-4-12(10)15-13(11)16/h1-4,9H,5-8,14H2. The van der Waals surface area contributed by atoms with E-state index in [4.69, 9.17) is 10.7 Å². The Morgan fingerprint density at radius 2 is 2.19 bits per heavy atom. The summed E-state index contributed by atoms with van der Waals surface area (Å²) >= 11 is 0.